The van der Waals surface area contributed by atoms with Crippen LogP contribution in [0.15, 0.2) is 11.6 Å². The first-order valence-electron chi connectivity index (χ1n) is 11.4. The van der Waals surface area contributed by atoms with Crippen LogP contribution in [-0.4, -0.2) is 66.2 Å². The zero-order chi connectivity index (χ0) is 23.1. The number of hydrogen-bond donors (Lipinski definition) is 2. The summed E-state index contributed by atoms with van der Waals surface area (Å²) >= 11 is 0. The van der Waals surface area contributed by atoms with Gasteiger partial charge in [-0.1, -0.05) is 25.8 Å². The fourth-order valence-corrected chi connectivity index (χ4v) is 7.04. The van der Waals surface area contributed by atoms with Crippen molar-refractivity contribution in [1.82, 2.24) is 4.90 Å². The van der Waals surface area contributed by atoms with Gasteiger partial charge in [0.2, 0.25) is 5.91 Å². The second kappa shape index (κ2) is 8.66. The number of aliphatic hydroxyl groups excluding tert-OH is 2. The van der Waals surface area contributed by atoms with E-state index in [1.807, 2.05) is 13.8 Å². The van der Waals surface area contributed by atoms with Crippen LogP contribution in [-0.2, 0) is 19.1 Å². The molecule has 0 saturated heterocycles. The number of rotatable bonds is 4. The van der Waals surface area contributed by atoms with E-state index in [9.17, 15) is 19.5 Å². The standard InChI is InChI=1S/C24H37NO6/c1-14-15(13-17(27)25(4)11-12-26)7-8-16-18(14)19(28)20(29)21-23(16,2)9-6-10-24(21,3)22(30)31-5/h13-14,16,18-19,21,26,28H,6-12H2,1-5H3/b15-13+/t14-,16-,18-,19+,21+,23+,24-/m0/s1. The summed E-state index contributed by atoms with van der Waals surface area (Å²) in [5.74, 6) is -1.67. The summed E-state index contributed by atoms with van der Waals surface area (Å²) < 4.78 is 5.09. The molecule has 31 heavy (non-hydrogen) atoms. The molecule has 0 aliphatic heterocycles. The van der Waals surface area contributed by atoms with Gasteiger partial charge in [-0.3, -0.25) is 14.4 Å². The lowest BCUT2D eigenvalue weighted by molar-refractivity contribution is -0.193. The zero-order valence-corrected chi connectivity index (χ0v) is 19.4. The van der Waals surface area contributed by atoms with Crippen molar-refractivity contribution in [3.8, 4) is 0 Å². The number of methoxy groups -OCH3 is 1. The van der Waals surface area contributed by atoms with Gasteiger partial charge in [0.1, 0.15) is 6.10 Å². The minimum atomic E-state index is -1.16. The van der Waals surface area contributed by atoms with Crippen molar-refractivity contribution in [3.05, 3.63) is 11.6 Å². The topological polar surface area (TPSA) is 104 Å². The molecule has 3 aliphatic carbocycles. The number of ketones is 1. The number of ether oxygens (including phenoxy) is 1. The summed E-state index contributed by atoms with van der Waals surface area (Å²) in [5.41, 5.74) is -0.372. The van der Waals surface area contributed by atoms with Crippen LogP contribution >= 0.6 is 0 Å². The van der Waals surface area contributed by atoms with E-state index in [0.29, 0.717) is 6.42 Å². The monoisotopic (exact) mass is 435 g/mol. The maximum Gasteiger partial charge on any atom is 0.312 e. The van der Waals surface area contributed by atoms with Crippen LogP contribution in [0.1, 0.15) is 52.9 Å². The van der Waals surface area contributed by atoms with E-state index >= 15 is 0 Å². The average Bonchev–Trinajstić information content (AvgIpc) is 2.72. The number of nitrogens with zero attached hydrogens (tertiary/aromatic N) is 1. The third-order valence-corrected chi connectivity index (χ3v) is 8.64. The number of esters is 1. The molecule has 0 aromatic heterocycles. The van der Waals surface area contributed by atoms with E-state index in [-0.39, 0.29) is 54.0 Å². The first-order chi connectivity index (χ1) is 14.5. The van der Waals surface area contributed by atoms with Crippen molar-refractivity contribution in [1.29, 1.82) is 0 Å². The minimum absolute atomic E-state index is 0.0897. The summed E-state index contributed by atoms with van der Waals surface area (Å²) in [5, 5.41) is 20.3. The van der Waals surface area contributed by atoms with Crippen molar-refractivity contribution >= 4 is 17.7 Å². The minimum Gasteiger partial charge on any atom is -0.469 e. The van der Waals surface area contributed by atoms with Crippen molar-refractivity contribution in [3.63, 3.8) is 0 Å². The first kappa shape index (κ1) is 23.9. The van der Waals surface area contributed by atoms with E-state index in [2.05, 4.69) is 6.92 Å². The Hall–Kier alpha value is -1.73. The van der Waals surface area contributed by atoms with E-state index in [0.717, 1.165) is 31.3 Å². The second-order valence-electron chi connectivity index (χ2n) is 10.3. The number of aliphatic hydroxyl groups is 2. The molecule has 0 unspecified atom stereocenters. The molecular weight excluding hydrogens is 398 g/mol. The number of Topliss-reactive ketones (excluding diaryl/α,β-unsaturated/α-hetero) is 1. The number of allylic oxidation sites excluding steroid dienone is 1. The van der Waals surface area contributed by atoms with Gasteiger partial charge in [-0.15, -0.1) is 0 Å². The SMILES string of the molecule is COC(=O)[C@@]1(C)CCC[C@@]2(C)[C@H]1C(=O)[C@H](O)[C@H]1[C@@H](C)/C(=C/C(=O)N(C)CCO)CC[C@@H]12. The van der Waals surface area contributed by atoms with E-state index in [4.69, 9.17) is 9.84 Å². The lowest BCUT2D eigenvalue weighted by Crippen LogP contribution is -2.65. The summed E-state index contributed by atoms with van der Waals surface area (Å²) in [7, 11) is 3.00. The molecule has 0 bridgehead atoms. The number of fused-ring (bicyclic) bond motifs is 3. The highest BCUT2D eigenvalue weighted by Gasteiger charge is 2.66. The predicted octanol–water partition coefficient (Wildman–Crippen LogP) is 1.96. The van der Waals surface area contributed by atoms with Crippen LogP contribution < -0.4 is 0 Å². The molecule has 3 fully saturated rings. The Labute approximate surface area is 184 Å². The zero-order valence-electron chi connectivity index (χ0n) is 19.4. The maximum absolute atomic E-state index is 13.5. The van der Waals surface area contributed by atoms with E-state index in [1.165, 1.54) is 12.0 Å². The average molecular weight is 436 g/mol. The van der Waals surface area contributed by atoms with Crippen LogP contribution in [0.4, 0.5) is 0 Å². The van der Waals surface area contributed by atoms with Crippen molar-refractivity contribution in [2.45, 2.75) is 59.0 Å². The van der Waals surface area contributed by atoms with Gasteiger partial charge in [0, 0.05) is 31.5 Å². The van der Waals surface area contributed by atoms with Crippen molar-refractivity contribution < 1.29 is 29.3 Å². The molecule has 174 valence electrons. The Kier molecular flexibility index (Phi) is 6.68. The van der Waals surface area contributed by atoms with Gasteiger partial charge >= 0.3 is 5.97 Å². The van der Waals surface area contributed by atoms with Gasteiger partial charge in [-0.05, 0) is 49.9 Å². The van der Waals surface area contributed by atoms with Gasteiger partial charge in [-0.25, -0.2) is 0 Å². The molecule has 0 spiro atoms. The molecule has 0 radical (unpaired) electrons. The largest absolute Gasteiger partial charge is 0.469 e. The second-order valence-corrected chi connectivity index (χ2v) is 10.3. The number of likely N-dealkylation sites (N-methyl/N-ethyl adjacent to an activating group) is 1. The van der Waals surface area contributed by atoms with Crippen LogP contribution in [0.2, 0.25) is 0 Å². The molecule has 2 N–H and O–H groups in total. The third kappa shape index (κ3) is 3.74. The molecule has 7 heteroatoms. The van der Waals surface area contributed by atoms with Crippen molar-refractivity contribution in [2.24, 2.45) is 34.5 Å². The highest BCUT2D eigenvalue weighted by molar-refractivity contribution is 5.94. The first-order valence-corrected chi connectivity index (χ1v) is 11.4. The van der Waals surface area contributed by atoms with Crippen LogP contribution in [0, 0.1) is 34.5 Å². The lowest BCUT2D eigenvalue weighted by Gasteiger charge is -2.61. The summed E-state index contributed by atoms with van der Waals surface area (Å²) in [6, 6.07) is 0. The van der Waals surface area contributed by atoms with Crippen LogP contribution in [0.25, 0.3) is 0 Å². The molecular formula is C24H37NO6. The number of carbonyl (C=O) groups excluding carboxylic acids is 3. The lowest BCUT2D eigenvalue weighted by atomic mass is 9.42. The molecule has 0 aromatic carbocycles. The molecule has 0 heterocycles. The van der Waals surface area contributed by atoms with Gasteiger partial charge in [0.05, 0.1) is 19.1 Å². The van der Waals surface area contributed by atoms with Crippen LogP contribution in [0.5, 0.6) is 0 Å². The Balaban J connectivity index is 1.96. The van der Waals surface area contributed by atoms with Crippen molar-refractivity contribution in [2.75, 3.05) is 27.3 Å². The summed E-state index contributed by atoms with van der Waals surface area (Å²) in [4.78, 5) is 40.2. The van der Waals surface area contributed by atoms with Crippen LogP contribution in [0.3, 0.4) is 0 Å². The fraction of sp³-hybridized carbons (Fsp3) is 0.792. The smallest absolute Gasteiger partial charge is 0.312 e. The Morgan fingerprint density at radius 2 is 1.97 bits per heavy atom. The third-order valence-electron chi connectivity index (χ3n) is 8.64. The molecule has 7 atom stereocenters. The molecule has 3 saturated carbocycles. The van der Waals surface area contributed by atoms with E-state index in [1.54, 1.807) is 13.1 Å². The predicted molar refractivity (Wildman–Crippen MR) is 115 cm³/mol. The van der Waals surface area contributed by atoms with E-state index < -0.39 is 17.4 Å². The number of carbonyl (C=O) groups is 3. The Morgan fingerprint density at radius 3 is 2.58 bits per heavy atom. The Bertz CT molecular complexity index is 778. The highest BCUT2D eigenvalue weighted by Crippen LogP contribution is 2.64. The Morgan fingerprint density at radius 1 is 1.29 bits per heavy atom. The molecule has 0 aromatic rings. The summed E-state index contributed by atoms with van der Waals surface area (Å²) in [6.07, 6.45) is 4.21. The number of hydrogen-bond acceptors (Lipinski definition) is 6. The normalized spacial score (nSPS) is 41.3. The molecule has 3 aliphatic rings. The highest BCUT2D eigenvalue weighted by atomic mass is 16.5. The maximum atomic E-state index is 13.5. The van der Waals surface area contributed by atoms with Gasteiger partial charge in [-0.2, -0.15) is 0 Å². The molecule has 1 amide bonds. The van der Waals surface area contributed by atoms with Gasteiger partial charge in [0.25, 0.3) is 0 Å². The molecule has 7 nitrogen and oxygen atoms in total. The fourth-order valence-electron chi connectivity index (χ4n) is 7.04. The summed E-state index contributed by atoms with van der Waals surface area (Å²) in [6.45, 7) is 6.08. The number of amides is 1. The van der Waals surface area contributed by atoms with Gasteiger partial charge < -0.3 is 19.8 Å². The molecule has 3 rings (SSSR count). The quantitative estimate of drug-likeness (QED) is 0.517. The van der Waals surface area contributed by atoms with Gasteiger partial charge in [0.15, 0.2) is 5.78 Å².